The largest absolute Gasteiger partial charge is 0.383 e. The predicted molar refractivity (Wildman–Crippen MR) is 56.0 cm³/mol. The van der Waals surface area contributed by atoms with E-state index in [0.29, 0.717) is 5.54 Å². The van der Waals surface area contributed by atoms with Crippen molar-refractivity contribution in [2.75, 3.05) is 27.3 Å². The summed E-state index contributed by atoms with van der Waals surface area (Å²) in [4.78, 5) is 2.47. The van der Waals surface area contributed by atoms with Crippen molar-refractivity contribution >= 4 is 0 Å². The highest BCUT2D eigenvalue weighted by molar-refractivity contribution is 4.87. The summed E-state index contributed by atoms with van der Waals surface area (Å²) in [6.45, 7) is 4.31. The van der Waals surface area contributed by atoms with Crippen molar-refractivity contribution in [1.29, 1.82) is 0 Å². The molecule has 1 aliphatic rings. The smallest absolute Gasteiger partial charge is 0.0589 e. The third-order valence-corrected chi connectivity index (χ3v) is 3.48. The van der Waals surface area contributed by atoms with Gasteiger partial charge in [0.25, 0.3) is 0 Å². The van der Waals surface area contributed by atoms with Crippen LogP contribution in [0.15, 0.2) is 0 Å². The fourth-order valence-corrected chi connectivity index (χ4v) is 2.19. The minimum Gasteiger partial charge on any atom is -0.383 e. The van der Waals surface area contributed by atoms with Gasteiger partial charge in [-0.25, -0.2) is 0 Å². The molecule has 1 saturated carbocycles. The van der Waals surface area contributed by atoms with Gasteiger partial charge in [-0.3, -0.25) is 4.90 Å². The molecule has 0 aliphatic heterocycles. The van der Waals surface area contributed by atoms with Crippen molar-refractivity contribution < 1.29 is 4.74 Å². The van der Waals surface area contributed by atoms with Crippen molar-refractivity contribution in [2.24, 2.45) is 0 Å². The molecule has 1 fully saturated rings. The summed E-state index contributed by atoms with van der Waals surface area (Å²) < 4.78 is 5.11. The number of nitrogens with zero attached hydrogens (tertiary/aromatic N) is 1. The van der Waals surface area contributed by atoms with E-state index < -0.39 is 0 Å². The molecular weight excluding hydrogens is 162 g/mol. The lowest BCUT2D eigenvalue weighted by Gasteiger charge is -2.41. The van der Waals surface area contributed by atoms with Crippen LogP contribution >= 0.6 is 0 Å². The molecule has 0 atom stereocenters. The summed E-state index contributed by atoms with van der Waals surface area (Å²) in [6.07, 6.45) is 6.93. The van der Waals surface area contributed by atoms with Gasteiger partial charge in [0.15, 0.2) is 0 Å². The van der Waals surface area contributed by atoms with Crippen molar-refractivity contribution in [1.82, 2.24) is 4.90 Å². The second kappa shape index (κ2) is 4.97. The Labute approximate surface area is 82.3 Å². The van der Waals surface area contributed by atoms with Crippen molar-refractivity contribution in [2.45, 2.75) is 44.6 Å². The van der Waals surface area contributed by atoms with E-state index in [1.165, 1.54) is 32.1 Å². The molecule has 0 unspecified atom stereocenters. The topological polar surface area (TPSA) is 12.5 Å². The molecular formula is C11H23NO. The van der Waals surface area contributed by atoms with Crippen LogP contribution < -0.4 is 0 Å². The lowest BCUT2D eigenvalue weighted by atomic mass is 9.82. The van der Waals surface area contributed by atoms with Gasteiger partial charge in [-0.15, -0.1) is 0 Å². The molecule has 2 heteroatoms. The van der Waals surface area contributed by atoms with E-state index in [1.807, 2.05) is 0 Å². The summed E-state index contributed by atoms with van der Waals surface area (Å²) in [5, 5.41) is 0. The van der Waals surface area contributed by atoms with Crippen LogP contribution in [0.1, 0.15) is 39.0 Å². The normalized spacial score (nSPS) is 22.2. The molecule has 0 heterocycles. The van der Waals surface area contributed by atoms with Crippen LogP contribution in [0.5, 0.6) is 0 Å². The first-order valence-corrected chi connectivity index (χ1v) is 5.39. The van der Waals surface area contributed by atoms with E-state index in [0.717, 1.165) is 13.2 Å². The zero-order valence-electron chi connectivity index (χ0n) is 9.31. The van der Waals surface area contributed by atoms with E-state index in [2.05, 4.69) is 18.9 Å². The number of hydrogen-bond donors (Lipinski definition) is 0. The van der Waals surface area contributed by atoms with Crippen LogP contribution in [-0.2, 0) is 4.74 Å². The van der Waals surface area contributed by atoms with Crippen LogP contribution in [0.4, 0.5) is 0 Å². The van der Waals surface area contributed by atoms with E-state index in [4.69, 9.17) is 4.74 Å². The fraction of sp³-hybridized carbons (Fsp3) is 1.00. The highest BCUT2D eigenvalue weighted by Crippen LogP contribution is 2.31. The summed E-state index contributed by atoms with van der Waals surface area (Å²) in [7, 11) is 4.00. The monoisotopic (exact) mass is 185 g/mol. The molecule has 0 aromatic heterocycles. The third kappa shape index (κ3) is 2.96. The molecule has 13 heavy (non-hydrogen) atoms. The molecule has 1 rings (SSSR count). The minimum atomic E-state index is 0.441. The number of rotatable bonds is 4. The predicted octanol–water partition coefficient (Wildman–Crippen LogP) is 2.29. The molecule has 0 amide bonds. The molecule has 78 valence electrons. The second-order valence-corrected chi connectivity index (χ2v) is 4.47. The standard InChI is InChI=1S/C11H23NO/c1-11(7-5-4-6-8-11)12(2)9-10-13-3/h4-10H2,1-3H3. The second-order valence-electron chi connectivity index (χ2n) is 4.47. The van der Waals surface area contributed by atoms with E-state index >= 15 is 0 Å². The van der Waals surface area contributed by atoms with Gasteiger partial charge in [-0.2, -0.15) is 0 Å². The molecule has 1 aliphatic carbocycles. The average Bonchev–Trinajstić information content (AvgIpc) is 2.15. The highest BCUT2D eigenvalue weighted by Gasteiger charge is 2.30. The van der Waals surface area contributed by atoms with Gasteiger partial charge in [-0.1, -0.05) is 19.3 Å². The van der Waals surface area contributed by atoms with Gasteiger partial charge in [0.1, 0.15) is 0 Å². The lowest BCUT2D eigenvalue weighted by Crippen LogP contribution is -2.46. The van der Waals surface area contributed by atoms with Gasteiger partial charge < -0.3 is 4.74 Å². The molecule has 0 saturated heterocycles. The molecule has 0 radical (unpaired) electrons. The summed E-state index contributed by atoms with van der Waals surface area (Å²) in [5.74, 6) is 0. The number of hydrogen-bond acceptors (Lipinski definition) is 2. The Morgan fingerprint density at radius 3 is 2.38 bits per heavy atom. The maximum atomic E-state index is 5.11. The Balaban J connectivity index is 2.37. The first-order valence-electron chi connectivity index (χ1n) is 5.39. The van der Waals surface area contributed by atoms with Crippen molar-refractivity contribution in [3.63, 3.8) is 0 Å². The SMILES string of the molecule is COCCN(C)C1(C)CCCCC1. The Morgan fingerprint density at radius 1 is 1.23 bits per heavy atom. The van der Waals surface area contributed by atoms with Gasteiger partial charge in [0.05, 0.1) is 6.61 Å². The van der Waals surface area contributed by atoms with E-state index in [1.54, 1.807) is 7.11 Å². The molecule has 2 nitrogen and oxygen atoms in total. The van der Waals surface area contributed by atoms with Crippen LogP contribution in [0.3, 0.4) is 0 Å². The van der Waals surface area contributed by atoms with Gasteiger partial charge in [0, 0.05) is 19.2 Å². The van der Waals surface area contributed by atoms with E-state index in [-0.39, 0.29) is 0 Å². The van der Waals surface area contributed by atoms with Gasteiger partial charge in [-0.05, 0) is 26.8 Å². The first kappa shape index (κ1) is 11.0. The number of methoxy groups -OCH3 is 1. The maximum absolute atomic E-state index is 5.11. The Kier molecular flexibility index (Phi) is 4.20. The Bertz CT molecular complexity index is 141. The molecule has 0 aromatic carbocycles. The summed E-state index contributed by atoms with van der Waals surface area (Å²) in [5.41, 5.74) is 0.441. The summed E-state index contributed by atoms with van der Waals surface area (Å²) >= 11 is 0. The zero-order valence-corrected chi connectivity index (χ0v) is 9.31. The molecule has 0 bridgehead atoms. The van der Waals surface area contributed by atoms with E-state index in [9.17, 15) is 0 Å². The molecule has 0 aromatic rings. The first-order chi connectivity index (χ1) is 6.19. The lowest BCUT2D eigenvalue weighted by molar-refractivity contribution is 0.0626. The maximum Gasteiger partial charge on any atom is 0.0589 e. The average molecular weight is 185 g/mol. The molecule has 0 spiro atoms. The van der Waals surface area contributed by atoms with Gasteiger partial charge >= 0.3 is 0 Å². The Hall–Kier alpha value is -0.0800. The van der Waals surface area contributed by atoms with Crippen LogP contribution in [0.25, 0.3) is 0 Å². The summed E-state index contributed by atoms with van der Waals surface area (Å²) in [6, 6.07) is 0. The quantitative estimate of drug-likeness (QED) is 0.666. The zero-order chi connectivity index (χ0) is 9.73. The highest BCUT2D eigenvalue weighted by atomic mass is 16.5. The van der Waals surface area contributed by atoms with Crippen LogP contribution in [-0.4, -0.2) is 37.7 Å². The third-order valence-electron chi connectivity index (χ3n) is 3.48. The fourth-order valence-electron chi connectivity index (χ4n) is 2.19. The Morgan fingerprint density at radius 2 is 1.85 bits per heavy atom. The van der Waals surface area contributed by atoms with Crippen LogP contribution in [0.2, 0.25) is 0 Å². The van der Waals surface area contributed by atoms with Crippen LogP contribution in [0, 0.1) is 0 Å². The minimum absolute atomic E-state index is 0.441. The van der Waals surface area contributed by atoms with Crippen molar-refractivity contribution in [3.8, 4) is 0 Å². The van der Waals surface area contributed by atoms with Crippen molar-refractivity contribution in [3.05, 3.63) is 0 Å². The molecule has 0 N–H and O–H groups in total. The number of ether oxygens (including phenoxy) is 1. The number of likely N-dealkylation sites (N-methyl/N-ethyl adjacent to an activating group) is 1. The van der Waals surface area contributed by atoms with Gasteiger partial charge in [0.2, 0.25) is 0 Å².